The number of allylic oxidation sites excluding steroid dienone is 1. The minimum absolute atomic E-state index is 0.0874. The molecule has 1 heterocycles. The Labute approximate surface area is 143 Å². The van der Waals surface area contributed by atoms with Gasteiger partial charge in [-0.3, -0.25) is 29.8 Å². The van der Waals surface area contributed by atoms with E-state index < -0.39 is 35.7 Å². The third-order valence-electron chi connectivity index (χ3n) is 3.94. The van der Waals surface area contributed by atoms with Crippen molar-refractivity contribution < 1.29 is 24.0 Å². The molecule has 0 radical (unpaired) electrons. The lowest BCUT2D eigenvalue weighted by molar-refractivity contribution is -0.132. The number of hydrogen-bond donors (Lipinski definition) is 2. The van der Waals surface area contributed by atoms with Crippen LogP contribution in [0.3, 0.4) is 0 Å². The van der Waals surface area contributed by atoms with Crippen LogP contribution in [0.15, 0.2) is 36.9 Å². The van der Waals surface area contributed by atoms with Gasteiger partial charge >= 0.3 is 6.03 Å². The molecule has 0 saturated carbocycles. The molecule has 0 bridgehead atoms. The van der Waals surface area contributed by atoms with Gasteiger partial charge < -0.3 is 4.90 Å². The van der Waals surface area contributed by atoms with E-state index in [1.54, 1.807) is 12.1 Å². The summed E-state index contributed by atoms with van der Waals surface area (Å²) in [6, 6.07) is 3.94. The van der Waals surface area contributed by atoms with Gasteiger partial charge in [0.15, 0.2) is 6.29 Å². The SMILES string of the molecule is C=CCC1C(=O)NC(=O)NC(=O)[C@H]1N(C)C(=O)c1ccccc1C=O. The molecule has 5 amide bonds. The summed E-state index contributed by atoms with van der Waals surface area (Å²) in [5.41, 5.74) is 0.260. The predicted octanol–water partition coefficient (Wildman–Crippen LogP) is 0.498. The van der Waals surface area contributed by atoms with Gasteiger partial charge in [0, 0.05) is 12.6 Å². The number of aldehydes is 1. The molecule has 8 heteroatoms. The number of rotatable bonds is 5. The predicted molar refractivity (Wildman–Crippen MR) is 87.7 cm³/mol. The number of likely N-dealkylation sites (N-methyl/N-ethyl adjacent to an activating group) is 1. The van der Waals surface area contributed by atoms with Gasteiger partial charge in [0.2, 0.25) is 5.91 Å². The molecule has 8 nitrogen and oxygen atoms in total. The summed E-state index contributed by atoms with van der Waals surface area (Å²) in [6.07, 6.45) is 2.05. The number of nitrogens with one attached hydrogen (secondary N) is 2. The molecule has 25 heavy (non-hydrogen) atoms. The van der Waals surface area contributed by atoms with Crippen molar-refractivity contribution in [3.05, 3.63) is 48.0 Å². The second kappa shape index (κ2) is 7.52. The molecule has 1 aromatic rings. The molecule has 1 aliphatic rings. The maximum atomic E-state index is 12.8. The standard InChI is InChI=1S/C17H17N3O5/c1-3-6-12-13(15(23)19-17(25)18-14(12)22)20(2)16(24)11-8-5-4-7-10(11)9-21/h3-5,7-9,12-13H,1,6H2,2H3,(H2,18,19,22,23,25)/t12?,13-/m0/s1. The fourth-order valence-electron chi connectivity index (χ4n) is 2.72. The van der Waals surface area contributed by atoms with Gasteiger partial charge in [-0.05, 0) is 12.5 Å². The van der Waals surface area contributed by atoms with Crippen molar-refractivity contribution in [2.75, 3.05) is 7.05 Å². The first-order chi connectivity index (χ1) is 11.9. The molecule has 1 aliphatic heterocycles. The largest absolute Gasteiger partial charge is 0.329 e. The van der Waals surface area contributed by atoms with E-state index in [0.29, 0.717) is 6.29 Å². The van der Waals surface area contributed by atoms with Crippen LogP contribution < -0.4 is 10.6 Å². The average molecular weight is 343 g/mol. The summed E-state index contributed by atoms with van der Waals surface area (Å²) in [7, 11) is 1.34. The van der Waals surface area contributed by atoms with E-state index in [-0.39, 0.29) is 17.5 Å². The number of hydrogen-bond acceptors (Lipinski definition) is 5. The van der Waals surface area contributed by atoms with E-state index in [1.165, 1.54) is 25.3 Å². The molecule has 1 fully saturated rings. The summed E-state index contributed by atoms with van der Waals surface area (Å²) in [5.74, 6) is -3.06. The van der Waals surface area contributed by atoms with Crippen LogP contribution in [0, 0.1) is 5.92 Å². The molecule has 0 spiro atoms. The monoisotopic (exact) mass is 343 g/mol. The highest BCUT2D eigenvalue weighted by Crippen LogP contribution is 2.20. The maximum Gasteiger partial charge on any atom is 0.328 e. The molecule has 130 valence electrons. The zero-order valence-electron chi connectivity index (χ0n) is 13.5. The summed E-state index contributed by atoms with van der Waals surface area (Å²) in [6.45, 7) is 3.54. The summed E-state index contributed by atoms with van der Waals surface area (Å²) in [4.78, 5) is 61.0. The van der Waals surface area contributed by atoms with Crippen molar-refractivity contribution in [3.8, 4) is 0 Å². The second-order valence-electron chi connectivity index (χ2n) is 5.50. The first-order valence-electron chi connectivity index (χ1n) is 7.48. The molecular formula is C17H17N3O5. The number of amides is 5. The topological polar surface area (TPSA) is 113 Å². The first-order valence-corrected chi connectivity index (χ1v) is 7.48. The number of benzene rings is 1. The van der Waals surface area contributed by atoms with Gasteiger partial charge in [-0.1, -0.05) is 24.3 Å². The highest BCUT2D eigenvalue weighted by atomic mass is 16.2. The van der Waals surface area contributed by atoms with Gasteiger partial charge in [-0.25, -0.2) is 4.79 Å². The van der Waals surface area contributed by atoms with Gasteiger partial charge in [-0.2, -0.15) is 0 Å². The number of nitrogens with zero attached hydrogens (tertiary/aromatic N) is 1. The van der Waals surface area contributed by atoms with Gasteiger partial charge in [0.05, 0.1) is 11.5 Å². The molecule has 1 saturated heterocycles. The third-order valence-corrected chi connectivity index (χ3v) is 3.94. The van der Waals surface area contributed by atoms with E-state index >= 15 is 0 Å². The van der Waals surface area contributed by atoms with Gasteiger partial charge in [0.25, 0.3) is 11.8 Å². The average Bonchev–Trinajstić information content (AvgIpc) is 2.69. The fourth-order valence-corrected chi connectivity index (χ4v) is 2.72. The highest BCUT2D eigenvalue weighted by molar-refractivity contribution is 6.11. The molecule has 2 N–H and O–H groups in total. The fraction of sp³-hybridized carbons (Fsp3) is 0.235. The Morgan fingerprint density at radius 3 is 2.48 bits per heavy atom. The number of carbonyl (C=O) groups excluding carboxylic acids is 5. The van der Waals surface area contributed by atoms with Gasteiger partial charge in [-0.15, -0.1) is 6.58 Å². The molecular weight excluding hydrogens is 326 g/mol. The number of carbonyl (C=O) groups is 5. The summed E-state index contributed by atoms with van der Waals surface area (Å²) in [5, 5.41) is 4.06. The summed E-state index contributed by atoms with van der Waals surface area (Å²) < 4.78 is 0. The Morgan fingerprint density at radius 2 is 1.84 bits per heavy atom. The second-order valence-corrected chi connectivity index (χ2v) is 5.50. The van der Waals surface area contributed by atoms with Crippen LogP contribution in [0.5, 0.6) is 0 Å². The van der Waals surface area contributed by atoms with Crippen LogP contribution in [0.1, 0.15) is 27.1 Å². The van der Waals surface area contributed by atoms with Crippen molar-refractivity contribution in [1.82, 2.24) is 15.5 Å². The first kappa shape index (κ1) is 18.1. The molecule has 2 rings (SSSR count). The zero-order chi connectivity index (χ0) is 18.6. The molecule has 0 aliphatic carbocycles. The van der Waals surface area contributed by atoms with Crippen LogP contribution in [0.4, 0.5) is 4.79 Å². The quantitative estimate of drug-likeness (QED) is 0.597. The molecule has 1 aromatic carbocycles. The van der Waals surface area contributed by atoms with E-state index in [9.17, 15) is 24.0 Å². The Hall–Kier alpha value is -3.29. The lowest BCUT2D eigenvalue weighted by atomic mass is 9.92. The zero-order valence-corrected chi connectivity index (χ0v) is 13.5. The van der Waals surface area contributed by atoms with Crippen molar-refractivity contribution in [2.45, 2.75) is 12.5 Å². The Balaban J connectivity index is 2.43. The van der Waals surface area contributed by atoms with E-state index in [2.05, 4.69) is 6.58 Å². The van der Waals surface area contributed by atoms with Crippen LogP contribution in [-0.2, 0) is 9.59 Å². The normalized spacial score (nSPS) is 20.1. The third kappa shape index (κ3) is 3.63. The van der Waals surface area contributed by atoms with Crippen molar-refractivity contribution in [3.63, 3.8) is 0 Å². The van der Waals surface area contributed by atoms with E-state index in [0.717, 1.165) is 4.90 Å². The van der Waals surface area contributed by atoms with Crippen LogP contribution in [-0.4, -0.2) is 48.0 Å². The molecule has 1 unspecified atom stereocenters. The van der Waals surface area contributed by atoms with Gasteiger partial charge in [0.1, 0.15) is 6.04 Å². The Morgan fingerprint density at radius 1 is 1.20 bits per heavy atom. The van der Waals surface area contributed by atoms with E-state index in [1.807, 2.05) is 10.6 Å². The minimum atomic E-state index is -1.23. The Bertz CT molecular complexity index is 758. The maximum absolute atomic E-state index is 12.8. The molecule has 0 aromatic heterocycles. The highest BCUT2D eigenvalue weighted by Gasteiger charge is 2.42. The van der Waals surface area contributed by atoms with E-state index in [4.69, 9.17) is 0 Å². The lowest BCUT2D eigenvalue weighted by Gasteiger charge is -2.30. The molecule has 2 atom stereocenters. The van der Waals surface area contributed by atoms with Crippen molar-refractivity contribution in [1.29, 1.82) is 0 Å². The van der Waals surface area contributed by atoms with Crippen LogP contribution in [0.2, 0.25) is 0 Å². The number of imide groups is 2. The smallest absolute Gasteiger partial charge is 0.328 e. The van der Waals surface area contributed by atoms with Crippen molar-refractivity contribution >= 4 is 30.0 Å². The van der Waals surface area contributed by atoms with Crippen molar-refractivity contribution in [2.24, 2.45) is 5.92 Å². The summed E-state index contributed by atoms with van der Waals surface area (Å²) >= 11 is 0. The Kier molecular flexibility index (Phi) is 5.43. The minimum Gasteiger partial charge on any atom is -0.329 e. The lowest BCUT2D eigenvalue weighted by Crippen LogP contribution is -2.52. The number of urea groups is 1. The van der Waals surface area contributed by atoms with Crippen LogP contribution >= 0.6 is 0 Å². The van der Waals surface area contributed by atoms with Crippen LogP contribution in [0.25, 0.3) is 0 Å².